The molecule has 0 fully saturated rings. The van der Waals surface area contributed by atoms with E-state index in [2.05, 4.69) is 5.32 Å². The number of carbonyl (C=O) groups is 2. The molecule has 3 rings (SSSR count). The minimum absolute atomic E-state index is 0.0365. The highest BCUT2D eigenvalue weighted by atomic mass is 35.5. The van der Waals surface area contributed by atoms with E-state index in [1.54, 1.807) is 41.3 Å². The third-order valence-corrected chi connectivity index (χ3v) is 8.00. The first-order chi connectivity index (χ1) is 18.6. The summed E-state index contributed by atoms with van der Waals surface area (Å²) in [5, 5.41) is 3.85. The first kappa shape index (κ1) is 30.5. The Morgan fingerprint density at radius 2 is 1.56 bits per heavy atom. The summed E-state index contributed by atoms with van der Waals surface area (Å²) in [5.41, 5.74) is 2.09. The predicted octanol–water partition coefficient (Wildman–Crippen LogP) is 5.32. The van der Waals surface area contributed by atoms with E-state index in [1.165, 1.54) is 4.31 Å². The number of benzene rings is 3. The molecule has 0 aliphatic rings. The Kier molecular flexibility index (Phi) is 11.2. The second-order valence-electron chi connectivity index (χ2n) is 9.13. The SMILES string of the molecule is CCNC(=O)[C@@H](Cc1ccccc1)N(Cc1ccccc1Cl)C(=O)CCCN(c1ccc(Cl)cc1)S(C)(=O)=O. The Hall–Kier alpha value is -3.07. The van der Waals surface area contributed by atoms with Gasteiger partial charge in [-0.05, 0) is 54.8 Å². The van der Waals surface area contributed by atoms with Crippen LogP contribution in [0, 0.1) is 0 Å². The van der Waals surface area contributed by atoms with Crippen LogP contribution in [0.1, 0.15) is 30.9 Å². The molecule has 0 radical (unpaired) electrons. The first-order valence-corrected chi connectivity index (χ1v) is 15.3. The zero-order valence-electron chi connectivity index (χ0n) is 22.0. The molecule has 1 atom stereocenters. The van der Waals surface area contributed by atoms with Gasteiger partial charge in [0.25, 0.3) is 0 Å². The van der Waals surface area contributed by atoms with Gasteiger partial charge in [0.15, 0.2) is 0 Å². The fourth-order valence-corrected chi connectivity index (χ4v) is 5.55. The molecule has 0 unspecified atom stereocenters. The molecule has 10 heteroatoms. The lowest BCUT2D eigenvalue weighted by atomic mass is 10.0. The quantitative estimate of drug-likeness (QED) is 0.292. The summed E-state index contributed by atoms with van der Waals surface area (Å²) >= 11 is 12.4. The number of nitrogens with one attached hydrogen (secondary N) is 1. The van der Waals surface area contributed by atoms with Crippen molar-refractivity contribution in [2.45, 2.75) is 38.8 Å². The number of hydrogen-bond donors (Lipinski definition) is 1. The summed E-state index contributed by atoms with van der Waals surface area (Å²) in [6.07, 6.45) is 1.73. The van der Waals surface area contributed by atoms with Crippen LogP contribution in [-0.4, -0.2) is 50.5 Å². The second kappa shape index (κ2) is 14.4. The highest BCUT2D eigenvalue weighted by Crippen LogP contribution is 2.23. The molecule has 3 aromatic rings. The van der Waals surface area contributed by atoms with Crippen molar-refractivity contribution in [3.05, 3.63) is 100 Å². The molecule has 0 bridgehead atoms. The lowest BCUT2D eigenvalue weighted by Gasteiger charge is -2.32. The molecule has 2 amide bonds. The van der Waals surface area contributed by atoms with Gasteiger partial charge in [-0.3, -0.25) is 13.9 Å². The van der Waals surface area contributed by atoms with Crippen molar-refractivity contribution >= 4 is 50.7 Å². The van der Waals surface area contributed by atoms with Crippen LogP contribution >= 0.6 is 23.2 Å². The predicted molar refractivity (Wildman–Crippen MR) is 157 cm³/mol. The fourth-order valence-electron chi connectivity index (χ4n) is 4.27. The zero-order chi connectivity index (χ0) is 28.4. The Morgan fingerprint density at radius 3 is 2.18 bits per heavy atom. The highest BCUT2D eigenvalue weighted by molar-refractivity contribution is 7.92. The minimum atomic E-state index is -3.60. The van der Waals surface area contributed by atoms with E-state index in [1.807, 2.05) is 49.4 Å². The van der Waals surface area contributed by atoms with E-state index in [0.717, 1.165) is 11.8 Å². The molecule has 0 aliphatic carbocycles. The summed E-state index contributed by atoms with van der Waals surface area (Å²) < 4.78 is 26.3. The topological polar surface area (TPSA) is 86.8 Å². The van der Waals surface area contributed by atoms with E-state index in [4.69, 9.17) is 23.2 Å². The van der Waals surface area contributed by atoms with Crippen LogP contribution in [-0.2, 0) is 32.6 Å². The van der Waals surface area contributed by atoms with Crippen LogP contribution in [0.5, 0.6) is 0 Å². The van der Waals surface area contributed by atoms with Gasteiger partial charge in [-0.25, -0.2) is 8.42 Å². The van der Waals surface area contributed by atoms with E-state index >= 15 is 0 Å². The summed E-state index contributed by atoms with van der Waals surface area (Å²) in [7, 11) is -3.60. The summed E-state index contributed by atoms with van der Waals surface area (Å²) in [6, 6.07) is 22.4. The molecule has 0 spiro atoms. The van der Waals surface area contributed by atoms with Crippen LogP contribution in [0.25, 0.3) is 0 Å². The summed E-state index contributed by atoms with van der Waals surface area (Å²) in [6.45, 7) is 2.48. The van der Waals surface area contributed by atoms with Crippen LogP contribution in [0.3, 0.4) is 0 Å². The maximum absolute atomic E-state index is 13.7. The van der Waals surface area contributed by atoms with Gasteiger partial charge in [-0.15, -0.1) is 0 Å². The molecule has 0 saturated carbocycles. The van der Waals surface area contributed by atoms with Crippen molar-refractivity contribution in [3.8, 4) is 0 Å². The standard InChI is InChI=1S/C29H33Cl2N3O4S/c1-3-32-29(36)27(20-22-10-5-4-6-11-22)33(21-23-12-7-8-13-26(23)31)28(35)14-9-19-34(39(2,37)38)25-17-15-24(30)16-18-25/h4-8,10-13,15-18,27H,3,9,14,19-21H2,1-2H3,(H,32,36)/t27-/m1/s1. The highest BCUT2D eigenvalue weighted by Gasteiger charge is 2.30. The normalized spacial score (nSPS) is 12.0. The van der Waals surface area contributed by atoms with Crippen LogP contribution < -0.4 is 9.62 Å². The number of likely N-dealkylation sites (N-methyl/N-ethyl adjacent to an activating group) is 1. The first-order valence-electron chi connectivity index (χ1n) is 12.7. The van der Waals surface area contributed by atoms with E-state index in [-0.39, 0.29) is 37.7 Å². The molecule has 0 aromatic heterocycles. The van der Waals surface area contributed by atoms with Crippen molar-refractivity contribution in [2.24, 2.45) is 0 Å². The maximum atomic E-state index is 13.7. The van der Waals surface area contributed by atoms with Gasteiger partial charge in [0.2, 0.25) is 21.8 Å². The van der Waals surface area contributed by atoms with E-state index in [0.29, 0.717) is 34.3 Å². The van der Waals surface area contributed by atoms with Crippen LogP contribution in [0.2, 0.25) is 10.0 Å². The van der Waals surface area contributed by atoms with Crippen LogP contribution in [0.4, 0.5) is 5.69 Å². The Morgan fingerprint density at radius 1 is 0.923 bits per heavy atom. The molecule has 0 saturated heterocycles. The van der Waals surface area contributed by atoms with E-state index in [9.17, 15) is 18.0 Å². The molecular formula is C29H33Cl2N3O4S. The smallest absolute Gasteiger partial charge is 0.243 e. The molecule has 39 heavy (non-hydrogen) atoms. The largest absolute Gasteiger partial charge is 0.355 e. The fraction of sp³-hybridized carbons (Fsp3) is 0.310. The van der Waals surface area contributed by atoms with Gasteiger partial charge in [0, 0.05) is 42.5 Å². The number of amides is 2. The number of anilines is 1. The summed E-state index contributed by atoms with van der Waals surface area (Å²) in [5.74, 6) is -0.535. The Labute approximate surface area is 240 Å². The number of nitrogens with zero attached hydrogens (tertiary/aromatic N) is 2. The Balaban J connectivity index is 1.86. The molecule has 208 valence electrons. The number of halogens is 2. The third-order valence-electron chi connectivity index (χ3n) is 6.19. The molecule has 1 N–H and O–H groups in total. The summed E-state index contributed by atoms with van der Waals surface area (Å²) in [4.78, 5) is 28.5. The monoisotopic (exact) mass is 589 g/mol. The molecule has 0 aliphatic heterocycles. The number of sulfonamides is 1. The average molecular weight is 591 g/mol. The molecule has 7 nitrogen and oxygen atoms in total. The lowest BCUT2D eigenvalue weighted by molar-refractivity contribution is -0.141. The van der Waals surface area contributed by atoms with Gasteiger partial charge in [0.1, 0.15) is 6.04 Å². The van der Waals surface area contributed by atoms with Crippen molar-refractivity contribution in [2.75, 3.05) is 23.7 Å². The zero-order valence-corrected chi connectivity index (χ0v) is 24.3. The number of rotatable bonds is 13. The van der Waals surface area contributed by atoms with E-state index < -0.39 is 16.1 Å². The lowest BCUT2D eigenvalue weighted by Crippen LogP contribution is -2.50. The van der Waals surface area contributed by atoms with Gasteiger partial charge in [0.05, 0.1) is 11.9 Å². The maximum Gasteiger partial charge on any atom is 0.243 e. The van der Waals surface area contributed by atoms with Crippen molar-refractivity contribution in [1.29, 1.82) is 0 Å². The number of hydrogen-bond acceptors (Lipinski definition) is 4. The Bertz CT molecular complexity index is 1350. The third kappa shape index (κ3) is 8.98. The molecular weight excluding hydrogens is 557 g/mol. The van der Waals surface area contributed by atoms with Gasteiger partial charge >= 0.3 is 0 Å². The number of carbonyl (C=O) groups excluding carboxylic acids is 2. The van der Waals surface area contributed by atoms with Crippen molar-refractivity contribution in [3.63, 3.8) is 0 Å². The molecule has 3 aromatic carbocycles. The van der Waals surface area contributed by atoms with Gasteiger partial charge in [-0.1, -0.05) is 71.7 Å². The van der Waals surface area contributed by atoms with Gasteiger partial charge < -0.3 is 10.2 Å². The van der Waals surface area contributed by atoms with Crippen LogP contribution in [0.15, 0.2) is 78.9 Å². The minimum Gasteiger partial charge on any atom is -0.355 e. The van der Waals surface area contributed by atoms with Crippen molar-refractivity contribution < 1.29 is 18.0 Å². The van der Waals surface area contributed by atoms with Crippen molar-refractivity contribution in [1.82, 2.24) is 10.2 Å². The molecule has 0 heterocycles. The average Bonchev–Trinajstić information content (AvgIpc) is 2.90. The van der Waals surface area contributed by atoms with Gasteiger partial charge in [-0.2, -0.15) is 0 Å². The second-order valence-corrected chi connectivity index (χ2v) is 11.9.